The predicted octanol–water partition coefficient (Wildman–Crippen LogP) is 1.86. The minimum absolute atomic E-state index is 0. The van der Waals surface area contributed by atoms with Gasteiger partial charge in [-0.3, -0.25) is 4.79 Å². The Bertz CT molecular complexity index is 175. The molecule has 0 unspecified atom stereocenters. The summed E-state index contributed by atoms with van der Waals surface area (Å²) in [6.07, 6.45) is 0. The lowest BCUT2D eigenvalue weighted by molar-refractivity contribution is -0.122. The molecule has 3 nitrogen and oxygen atoms in total. The fourth-order valence-electron chi connectivity index (χ4n) is 0.534. The molecule has 0 heterocycles. The summed E-state index contributed by atoms with van der Waals surface area (Å²) in [6, 6.07) is 10.3. The van der Waals surface area contributed by atoms with E-state index in [1.807, 2.05) is 18.2 Å². The van der Waals surface area contributed by atoms with Gasteiger partial charge in [0, 0.05) is 0 Å². The second kappa shape index (κ2) is 8.65. The van der Waals surface area contributed by atoms with Gasteiger partial charge in [0.05, 0.1) is 0 Å². The zero-order valence-electron chi connectivity index (χ0n) is 6.53. The average molecular weight is 155 g/mol. The molecule has 0 aliphatic heterocycles. The summed E-state index contributed by atoms with van der Waals surface area (Å²) in [5.41, 5.74) is 1.32. The first kappa shape index (κ1) is 12.3. The van der Waals surface area contributed by atoms with Gasteiger partial charge in [0.2, 0.25) is 0 Å². The molecule has 0 saturated carbocycles. The van der Waals surface area contributed by atoms with Crippen molar-refractivity contribution in [1.29, 1.82) is 0 Å². The molecular formula is C8H13NO2. The number of hydrogen-bond acceptors (Lipinski definition) is 2. The van der Waals surface area contributed by atoms with Gasteiger partial charge in [-0.15, -0.1) is 0 Å². The molecule has 0 aliphatic carbocycles. The molecule has 0 amide bonds. The van der Waals surface area contributed by atoms with Gasteiger partial charge in [0.25, 0.3) is 6.47 Å². The summed E-state index contributed by atoms with van der Waals surface area (Å²) in [7, 11) is 0. The Labute approximate surface area is 66.3 Å². The highest BCUT2D eigenvalue weighted by Crippen LogP contribution is 1.92. The Morgan fingerprint density at radius 2 is 1.64 bits per heavy atom. The minimum Gasteiger partial charge on any atom is -0.483 e. The Hall–Kier alpha value is -1.35. The van der Waals surface area contributed by atoms with Gasteiger partial charge in [-0.1, -0.05) is 35.9 Å². The van der Waals surface area contributed by atoms with E-state index in [0.717, 1.165) is 0 Å². The molecule has 3 heteroatoms. The number of hydrogen-bond donors (Lipinski definition) is 2. The fourth-order valence-corrected chi connectivity index (χ4v) is 0.534. The average Bonchev–Trinajstić information content (AvgIpc) is 1.91. The maximum absolute atomic E-state index is 8.36. The molecule has 62 valence electrons. The van der Waals surface area contributed by atoms with Crippen LogP contribution in [0, 0.1) is 6.92 Å². The van der Waals surface area contributed by atoms with Crippen molar-refractivity contribution < 1.29 is 9.90 Å². The van der Waals surface area contributed by atoms with Crippen molar-refractivity contribution in [3.8, 4) is 0 Å². The van der Waals surface area contributed by atoms with Crippen molar-refractivity contribution in [2.75, 3.05) is 0 Å². The number of benzene rings is 1. The molecule has 0 bridgehead atoms. The van der Waals surface area contributed by atoms with Crippen LogP contribution in [0.15, 0.2) is 30.3 Å². The Balaban J connectivity index is 0. The van der Waals surface area contributed by atoms with Crippen LogP contribution in [-0.2, 0) is 4.79 Å². The van der Waals surface area contributed by atoms with Crippen molar-refractivity contribution in [1.82, 2.24) is 6.15 Å². The molecule has 0 fully saturated rings. The fraction of sp³-hybridized carbons (Fsp3) is 0.125. The topological polar surface area (TPSA) is 72.3 Å². The summed E-state index contributed by atoms with van der Waals surface area (Å²) in [5, 5.41) is 6.89. The largest absolute Gasteiger partial charge is 0.483 e. The Morgan fingerprint density at radius 3 is 1.82 bits per heavy atom. The third-order valence-corrected chi connectivity index (χ3v) is 0.940. The van der Waals surface area contributed by atoms with Crippen molar-refractivity contribution in [2.24, 2.45) is 0 Å². The van der Waals surface area contributed by atoms with Crippen LogP contribution in [0.2, 0.25) is 0 Å². The van der Waals surface area contributed by atoms with Crippen molar-refractivity contribution in [3.05, 3.63) is 35.9 Å². The summed E-state index contributed by atoms with van der Waals surface area (Å²) in [5.74, 6) is 0. The lowest BCUT2D eigenvalue weighted by Crippen LogP contribution is -1.62. The SMILES string of the molecule is Cc1ccccc1.N.O=CO. The first-order valence-electron chi connectivity index (χ1n) is 2.90. The molecule has 1 aromatic carbocycles. The van der Waals surface area contributed by atoms with Crippen molar-refractivity contribution in [3.63, 3.8) is 0 Å². The Kier molecular flexibility index (Phi) is 9.70. The van der Waals surface area contributed by atoms with Crippen LogP contribution in [0.3, 0.4) is 0 Å². The van der Waals surface area contributed by atoms with E-state index < -0.39 is 0 Å². The third kappa shape index (κ3) is 8.65. The number of rotatable bonds is 0. The number of carbonyl (C=O) groups is 1. The molecule has 4 N–H and O–H groups in total. The first-order chi connectivity index (χ1) is 4.81. The number of carboxylic acid groups (broad SMARTS) is 1. The van der Waals surface area contributed by atoms with E-state index in [1.165, 1.54) is 5.56 Å². The molecule has 0 radical (unpaired) electrons. The highest BCUT2D eigenvalue weighted by Gasteiger charge is 1.72. The van der Waals surface area contributed by atoms with E-state index in [0.29, 0.717) is 0 Å². The smallest absolute Gasteiger partial charge is 0.290 e. The van der Waals surface area contributed by atoms with Crippen molar-refractivity contribution in [2.45, 2.75) is 6.92 Å². The third-order valence-electron chi connectivity index (χ3n) is 0.940. The number of aryl methyl sites for hydroxylation is 1. The molecular weight excluding hydrogens is 142 g/mol. The zero-order chi connectivity index (χ0) is 7.82. The normalized spacial score (nSPS) is 6.64. The molecule has 0 aliphatic rings. The summed E-state index contributed by atoms with van der Waals surface area (Å²) in [6.45, 7) is 1.83. The second-order valence-corrected chi connectivity index (χ2v) is 1.76. The van der Waals surface area contributed by atoms with Crippen LogP contribution in [0.25, 0.3) is 0 Å². The van der Waals surface area contributed by atoms with Gasteiger partial charge in [0.15, 0.2) is 0 Å². The molecule has 1 rings (SSSR count). The Morgan fingerprint density at radius 1 is 1.27 bits per heavy atom. The maximum atomic E-state index is 8.36. The lowest BCUT2D eigenvalue weighted by atomic mass is 10.2. The van der Waals surface area contributed by atoms with Gasteiger partial charge in [-0.05, 0) is 6.92 Å². The molecule has 0 aromatic heterocycles. The summed E-state index contributed by atoms with van der Waals surface area (Å²) in [4.78, 5) is 8.36. The zero-order valence-corrected chi connectivity index (χ0v) is 6.53. The van der Waals surface area contributed by atoms with E-state index in [1.54, 1.807) is 0 Å². The van der Waals surface area contributed by atoms with E-state index >= 15 is 0 Å². The van der Waals surface area contributed by atoms with E-state index in [2.05, 4.69) is 19.1 Å². The second-order valence-electron chi connectivity index (χ2n) is 1.76. The minimum atomic E-state index is -0.250. The van der Waals surface area contributed by atoms with Gasteiger partial charge in [-0.2, -0.15) is 0 Å². The molecule has 0 spiro atoms. The monoisotopic (exact) mass is 155 g/mol. The maximum Gasteiger partial charge on any atom is 0.290 e. The van der Waals surface area contributed by atoms with Crippen LogP contribution in [0.1, 0.15) is 5.56 Å². The highest BCUT2D eigenvalue weighted by atomic mass is 16.3. The van der Waals surface area contributed by atoms with Crippen molar-refractivity contribution >= 4 is 6.47 Å². The molecule has 0 saturated heterocycles. The molecule has 0 atom stereocenters. The van der Waals surface area contributed by atoms with E-state index in [4.69, 9.17) is 9.90 Å². The van der Waals surface area contributed by atoms with Crippen LogP contribution in [0.4, 0.5) is 0 Å². The van der Waals surface area contributed by atoms with E-state index in [-0.39, 0.29) is 12.6 Å². The predicted molar refractivity (Wildman–Crippen MR) is 44.9 cm³/mol. The standard InChI is InChI=1S/C7H8.CH2O2.H3N/c1-7-5-3-2-4-6-7;2-1-3;/h2-6H,1H3;1H,(H,2,3);1H3. The van der Waals surface area contributed by atoms with Crippen LogP contribution in [0.5, 0.6) is 0 Å². The van der Waals surface area contributed by atoms with Gasteiger partial charge < -0.3 is 11.3 Å². The quantitative estimate of drug-likeness (QED) is 0.561. The van der Waals surface area contributed by atoms with Crippen LogP contribution >= 0.6 is 0 Å². The highest BCUT2D eigenvalue weighted by molar-refractivity contribution is 5.32. The first-order valence-corrected chi connectivity index (χ1v) is 2.90. The summed E-state index contributed by atoms with van der Waals surface area (Å²) < 4.78 is 0. The molecule has 1 aromatic rings. The van der Waals surface area contributed by atoms with Gasteiger partial charge >= 0.3 is 0 Å². The summed E-state index contributed by atoms with van der Waals surface area (Å²) >= 11 is 0. The molecule has 11 heavy (non-hydrogen) atoms. The lowest BCUT2D eigenvalue weighted by Gasteiger charge is -1.82. The van der Waals surface area contributed by atoms with Gasteiger partial charge in [0.1, 0.15) is 0 Å². The van der Waals surface area contributed by atoms with Crippen LogP contribution in [-0.4, -0.2) is 11.6 Å². The van der Waals surface area contributed by atoms with Gasteiger partial charge in [-0.25, -0.2) is 0 Å². The van der Waals surface area contributed by atoms with E-state index in [9.17, 15) is 0 Å². The van der Waals surface area contributed by atoms with Crippen LogP contribution < -0.4 is 6.15 Å².